The number of hydrogen-bond acceptors (Lipinski definition) is 5. The lowest BCUT2D eigenvalue weighted by atomic mass is 9.97. The van der Waals surface area contributed by atoms with Crippen LogP contribution in [0.15, 0.2) is 6.33 Å². The van der Waals surface area contributed by atoms with Gasteiger partial charge >= 0.3 is 5.97 Å². The van der Waals surface area contributed by atoms with Crippen LogP contribution in [0.3, 0.4) is 0 Å². The molecule has 1 aromatic rings. The third-order valence-corrected chi connectivity index (χ3v) is 3.41. The van der Waals surface area contributed by atoms with Crippen LogP contribution in [0.4, 0.5) is 10.2 Å². The number of hydrogen-bond donors (Lipinski definition) is 0. The zero-order valence-electron chi connectivity index (χ0n) is 10.6. The van der Waals surface area contributed by atoms with Crippen LogP contribution >= 0.6 is 11.6 Å². The molecule has 7 heteroatoms. The van der Waals surface area contributed by atoms with Crippen molar-refractivity contribution in [3.05, 3.63) is 17.3 Å². The maximum Gasteiger partial charge on any atom is 0.309 e. The van der Waals surface area contributed by atoms with Crippen molar-refractivity contribution in [2.45, 2.75) is 19.8 Å². The molecule has 1 aliphatic heterocycles. The van der Waals surface area contributed by atoms with Gasteiger partial charge in [0.15, 0.2) is 11.0 Å². The summed E-state index contributed by atoms with van der Waals surface area (Å²) in [5.41, 5.74) is 0. The molecule has 19 heavy (non-hydrogen) atoms. The number of esters is 1. The Labute approximate surface area is 115 Å². The Morgan fingerprint density at radius 1 is 1.53 bits per heavy atom. The number of piperidine rings is 1. The summed E-state index contributed by atoms with van der Waals surface area (Å²) in [7, 11) is 0. The van der Waals surface area contributed by atoms with Crippen molar-refractivity contribution in [2.24, 2.45) is 5.92 Å². The average molecular weight is 288 g/mol. The fourth-order valence-corrected chi connectivity index (χ4v) is 2.28. The fourth-order valence-electron chi connectivity index (χ4n) is 2.15. The zero-order chi connectivity index (χ0) is 13.8. The van der Waals surface area contributed by atoms with E-state index in [9.17, 15) is 9.18 Å². The first kappa shape index (κ1) is 14.0. The van der Waals surface area contributed by atoms with Crippen molar-refractivity contribution < 1.29 is 13.9 Å². The molecule has 1 aliphatic rings. The van der Waals surface area contributed by atoms with Crippen LogP contribution in [-0.4, -0.2) is 35.6 Å². The molecule has 1 saturated heterocycles. The Bertz CT molecular complexity index is 464. The van der Waals surface area contributed by atoms with Gasteiger partial charge in [-0.1, -0.05) is 11.6 Å². The first-order chi connectivity index (χ1) is 9.13. The van der Waals surface area contributed by atoms with Crippen molar-refractivity contribution in [3.8, 4) is 0 Å². The van der Waals surface area contributed by atoms with E-state index in [0.29, 0.717) is 32.5 Å². The van der Waals surface area contributed by atoms with Crippen LogP contribution in [0, 0.1) is 11.7 Å². The van der Waals surface area contributed by atoms with E-state index in [1.165, 1.54) is 6.33 Å². The van der Waals surface area contributed by atoms with E-state index in [4.69, 9.17) is 16.3 Å². The monoisotopic (exact) mass is 287 g/mol. The molecule has 0 saturated carbocycles. The molecule has 1 fully saturated rings. The quantitative estimate of drug-likeness (QED) is 0.629. The number of carbonyl (C=O) groups is 1. The average Bonchev–Trinajstić information content (AvgIpc) is 2.42. The summed E-state index contributed by atoms with van der Waals surface area (Å²) in [4.78, 5) is 20.9. The molecule has 0 N–H and O–H groups in total. The molecule has 0 spiro atoms. The molecule has 0 atom stereocenters. The molecule has 0 bridgehead atoms. The maximum atomic E-state index is 13.8. The molecule has 0 aliphatic carbocycles. The molecule has 5 nitrogen and oxygen atoms in total. The van der Waals surface area contributed by atoms with Gasteiger partial charge in [0, 0.05) is 13.1 Å². The van der Waals surface area contributed by atoms with E-state index in [0.717, 1.165) is 0 Å². The molecule has 0 unspecified atom stereocenters. The molecular formula is C12H15ClFN3O2. The Hall–Kier alpha value is -1.43. The highest BCUT2D eigenvalue weighted by atomic mass is 35.5. The van der Waals surface area contributed by atoms with Crippen LogP contribution in [-0.2, 0) is 9.53 Å². The Morgan fingerprint density at radius 2 is 2.21 bits per heavy atom. The second-order valence-electron chi connectivity index (χ2n) is 4.32. The van der Waals surface area contributed by atoms with Gasteiger partial charge in [0.25, 0.3) is 0 Å². The van der Waals surface area contributed by atoms with Crippen molar-refractivity contribution in [1.82, 2.24) is 9.97 Å². The Morgan fingerprint density at radius 3 is 2.84 bits per heavy atom. The second-order valence-corrected chi connectivity index (χ2v) is 4.67. The van der Waals surface area contributed by atoms with Gasteiger partial charge in [-0.05, 0) is 19.8 Å². The lowest BCUT2D eigenvalue weighted by Gasteiger charge is -2.31. The minimum atomic E-state index is -0.612. The third kappa shape index (κ3) is 3.12. The summed E-state index contributed by atoms with van der Waals surface area (Å²) < 4.78 is 18.8. The highest BCUT2D eigenvalue weighted by Gasteiger charge is 2.28. The topological polar surface area (TPSA) is 55.3 Å². The molecule has 1 aromatic heterocycles. The van der Waals surface area contributed by atoms with E-state index >= 15 is 0 Å². The van der Waals surface area contributed by atoms with E-state index in [2.05, 4.69) is 9.97 Å². The molecule has 2 rings (SSSR count). The van der Waals surface area contributed by atoms with E-state index in [1.54, 1.807) is 11.8 Å². The standard InChI is InChI=1S/C12H15ClFN3O2/c1-2-19-12(18)8-3-5-17(6-4-8)11-9(14)10(13)15-7-16-11/h7-8H,2-6H2,1H3. The molecule has 2 heterocycles. The Balaban J connectivity index is 2.00. The molecule has 104 valence electrons. The van der Waals surface area contributed by atoms with E-state index in [1.807, 2.05) is 0 Å². The lowest BCUT2D eigenvalue weighted by Crippen LogP contribution is -2.38. The summed E-state index contributed by atoms with van der Waals surface area (Å²) in [6.07, 6.45) is 2.48. The molecule has 0 radical (unpaired) electrons. The predicted octanol–water partition coefficient (Wildman–Crippen LogP) is 2.05. The maximum absolute atomic E-state index is 13.8. The van der Waals surface area contributed by atoms with Gasteiger partial charge < -0.3 is 9.64 Å². The van der Waals surface area contributed by atoms with Gasteiger partial charge in [-0.25, -0.2) is 9.97 Å². The number of rotatable bonds is 3. The van der Waals surface area contributed by atoms with Crippen LogP contribution < -0.4 is 4.90 Å². The number of halogens is 2. The smallest absolute Gasteiger partial charge is 0.309 e. The number of anilines is 1. The minimum absolute atomic E-state index is 0.114. The molecule has 0 amide bonds. The third-order valence-electron chi connectivity index (χ3n) is 3.14. The van der Waals surface area contributed by atoms with E-state index in [-0.39, 0.29) is 22.9 Å². The number of nitrogens with zero attached hydrogens (tertiary/aromatic N) is 3. The number of ether oxygens (including phenoxy) is 1. The van der Waals surface area contributed by atoms with Crippen molar-refractivity contribution >= 4 is 23.4 Å². The first-order valence-electron chi connectivity index (χ1n) is 6.21. The van der Waals surface area contributed by atoms with Gasteiger partial charge in [0.1, 0.15) is 6.33 Å². The van der Waals surface area contributed by atoms with Gasteiger partial charge in [0.2, 0.25) is 5.82 Å². The first-order valence-corrected chi connectivity index (χ1v) is 6.58. The van der Waals surface area contributed by atoms with Gasteiger partial charge in [-0.3, -0.25) is 4.79 Å². The summed E-state index contributed by atoms with van der Waals surface area (Å²) >= 11 is 5.63. The Kier molecular flexibility index (Phi) is 4.52. The summed E-state index contributed by atoms with van der Waals surface area (Å²) in [6, 6.07) is 0. The van der Waals surface area contributed by atoms with Crippen LogP contribution in [0.25, 0.3) is 0 Å². The second kappa shape index (κ2) is 6.14. The summed E-state index contributed by atoms with van der Waals surface area (Å²) in [5.74, 6) is -0.707. The minimum Gasteiger partial charge on any atom is -0.466 e. The SMILES string of the molecule is CCOC(=O)C1CCN(c2ncnc(Cl)c2F)CC1. The summed E-state index contributed by atoms with van der Waals surface area (Å²) in [5, 5.41) is -0.183. The highest BCUT2D eigenvalue weighted by Crippen LogP contribution is 2.26. The molecule has 0 aromatic carbocycles. The van der Waals surface area contributed by atoms with Crippen molar-refractivity contribution in [1.29, 1.82) is 0 Å². The molecular weight excluding hydrogens is 273 g/mol. The van der Waals surface area contributed by atoms with Gasteiger partial charge in [-0.2, -0.15) is 4.39 Å². The number of aromatic nitrogens is 2. The van der Waals surface area contributed by atoms with Crippen molar-refractivity contribution in [2.75, 3.05) is 24.6 Å². The summed E-state index contributed by atoms with van der Waals surface area (Å²) in [6.45, 7) is 3.27. The van der Waals surface area contributed by atoms with Gasteiger partial charge in [-0.15, -0.1) is 0 Å². The predicted molar refractivity (Wildman–Crippen MR) is 68.6 cm³/mol. The fraction of sp³-hybridized carbons (Fsp3) is 0.583. The van der Waals surface area contributed by atoms with E-state index < -0.39 is 5.82 Å². The van der Waals surface area contributed by atoms with Crippen LogP contribution in [0.5, 0.6) is 0 Å². The lowest BCUT2D eigenvalue weighted by molar-refractivity contribution is -0.148. The number of carbonyl (C=O) groups excluding carboxylic acids is 1. The largest absolute Gasteiger partial charge is 0.466 e. The highest BCUT2D eigenvalue weighted by molar-refractivity contribution is 6.29. The normalized spacial score (nSPS) is 16.5. The van der Waals surface area contributed by atoms with Crippen molar-refractivity contribution in [3.63, 3.8) is 0 Å². The van der Waals surface area contributed by atoms with Crippen LogP contribution in [0.1, 0.15) is 19.8 Å². The van der Waals surface area contributed by atoms with Crippen LogP contribution in [0.2, 0.25) is 5.15 Å². The zero-order valence-corrected chi connectivity index (χ0v) is 11.4. The van der Waals surface area contributed by atoms with Gasteiger partial charge in [0.05, 0.1) is 12.5 Å².